The van der Waals surface area contributed by atoms with Crippen LogP contribution >= 0.6 is 11.3 Å². The molecule has 0 aliphatic heterocycles. The third-order valence-electron chi connectivity index (χ3n) is 5.28. The van der Waals surface area contributed by atoms with Crippen LogP contribution in [0.15, 0.2) is 66.2 Å². The van der Waals surface area contributed by atoms with Gasteiger partial charge in [-0.25, -0.2) is 14.4 Å². The Balaban J connectivity index is 0.00000158. The molecule has 0 aliphatic carbocycles. The van der Waals surface area contributed by atoms with Crippen molar-refractivity contribution in [1.29, 1.82) is 0 Å². The molecule has 4 aromatic rings. The second kappa shape index (κ2) is 12.2. The van der Waals surface area contributed by atoms with Gasteiger partial charge in [-0.05, 0) is 67.0 Å². The molecule has 4 nitrogen and oxygen atoms in total. The Kier molecular flexibility index (Phi) is 9.05. The van der Waals surface area contributed by atoms with Crippen LogP contribution in [0, 0.1) is 19.7 Å². The number of thiophene rings is 1. The summed E-state index contributed by atoms with van der Waals surface area (Å²) in [7, 11) is 0. The van der Waals surface area contributed by atoms with Gasteiger partial charge in [0.15, 0.2) is 5.82 Å². The lowest BCUT2D eigenvalue weighted by atomic mass is 10.0. The Morgan fingerprint density at radius 2 is 1.79 bits per heavy atom. The van der Waals surface area contributed by atoms with Crippen molar-refractivity contribution in [3.05, 3.63) is 99.9 Å². The maximum Gasteiger partial charge on any atom is 0.230 e. The molecule has 0 radical (unpaired) electrons. The number of amides is 1. The van der Waals surface area contributed by atoms with E-state index >= 15 is 0 Å². The second-order valence-electron chi connectivity index (χ2n) is 7.82. The summed E-state index contributed by atoms with van der Waals surface area (Å²) in [5.74, 6) is 0.0749. The van der Waals surface area contributed by atoms with Crippen molar-refractivity contribution in [1.82, 2.24) is 9.97 Å². The molecule has 0 saturated carbocycles. The molecule has 0 aliphatic rings. The summed E-state index contributed by atoms with van der Waals surface area (Å²) in [6.07, 6.45) is 3.24. The van der Waals surface area contributed by atoms with Crippen LogP contribution in [0.4, 0.5) is 10.2 Å². The molecular formula is C28H30FN3OS. The van der Waals surface area contributed by atoms with Crippen molar-refractivity contribution in [2.24, 2.45) is 0 Å². The molecule has 0 saturated heterocycles. The molecule has 0 spiro atoms. The van der Waals surface area contributed by atoms with E-state index in [1.165, 1.54) is 6.07 Å². The largest absolute Gasteiger partial charge is 0.309 e. The first-order valence-corrected chi connectivity index (χ1v) is 12.4. The van der Waals surface area contributed by atoms with Crippen molar-refractivity contribution in [2.75, 3.05) is 5.32 Å². The number of benzene rings is 2. The smallest absolute Gasteiger partial charge is 0.230 e. The van der Waals surface area contributed by atoms with Crippen LogP contribution in [-0.2, 0) is 24.1 Å². The number of anilines is 1. The Hall–Kier alpha value is -3.38. The summed E-state index contributed by atoms with van der Waals surface area (Å²) in [6.45, 7) is 7.99. The SMILES string of the molecule is CC.Cc1ccc(CC(=O)Nc2nc(CCc3cc(F)ccc3C)cnc2-c2cccs2)cc1. The van der Waals surface area contributed by atoms with Crippen LogP contribution in [0.3, 0.4) is 0 Å². The number of halogens is 1. The summed E-state index contributed by atoms with van der Waals surface area (Å²) >= 11 is 1.55. The van der Waals surface area contributed by atoms with E-state index in [1.807, 2.05) is 69.5 Å². The highest BCUT2D eigenvalue weighted by atomic mass is 32.1. The van der Waals surface area contributed by atoms with Crippen LogP contribution in [0.5, 0.6) is 0 Å². The number of hydrogen-bond donors (Lipinski definition) is 1. The van der Waals surface area contributed by atoms with Crippen molar-refractivity contribution >= 4 is 23.1 Å². The fourth-order valence-corrected chi connectivity index (χ4v) is 4.19. The highest BCUT2D eigenvalue weighted by Crippen LogP contribution is 2.29. The lowest BCUT2D eigenvalue weighted by Gasteiger charge is -2.11. The monoisotopic (exact) mass is 475 g/mol. The van der Waals surface area contributed by atoms with Crippen LogP contribution < -0.4 is 5.32 Å². The second-order valence-corrected chi connectivity index (χ2v) is 8.76. The van der Waals surface area contributed by atoms with Gasteiger partial charge in [0.25, 0.3) is 0 Å². The number of rotatable bonds is 7. The topological polar surface area (TPSA) is 54.9 Å². The Labute approximate surface area is 204 Å². The minimum atomic E-state index is -0.242. The molecule has 6 heteroatoms. The Morgan fingerprint density at radius 1 is 1.03 bits per heavy atom. The molecule has 176 valence electrons. The molecule has 0 fully saturated rings. The van der Waals surface area contributed by atoms with Gasteiger partial charge in [0, 0.05) is 6.20 Å². The standard InChI is InChI=1S/C26H24FN3OS.C2H6/c1-17-5-8-19(9-6-17)14-24(31)30-26-25(23-4-3-13-32-23)28-16-22(29-26)12-10-20-15-21(27)11-7-18(20)2;1-2/h3-9,11,13,15-16H,10,12,14H2,1-2H3,(H,29,30,31);1-2H3. The first-order valence-electron chi connectivity index (χ1n) is 11.5. The van der Waals surface area contributed by atoms with Crippen molar-refractivity contribution in [3.63, 3.8) is 0 Å². The third-order valence-corrected chi connectivity index (χ3v) is 6.16. The van der Waals surface area contributed by atoms with Gasteiger partial charge in [-0.1, -0.05) is 55.8 Å². The minimum Gasteiger partial charge on any atom is -0.309 e. The van der Waals surface area contributed by atoms with Gasteiger partial charge in [-0.15, -0.1) is 11.3 Å². The number of aryl methyl sites for hydroxylation is 4. The van der Waals surface area contributed by atoms with E-state index in [9.17, 15) is 9.18 Å². The predicted molar refractivity (Wildman–Crippen MR) is 139 cm³/mol. The van der Waals surface area contributed by atoms with Gasteiger partial charge >= 0.3 is 0 Å². The average molecular weight is 476 g/mol. The highest BCUT2D eigenvalue weighted by molar-refractivity contribution is 7.13. The van der Waals surface area contributed by atoms with Crippen molar-refractivity contribution < 1.29 is 9.18 Å². The van der Waals surface area contributed by atoms with Crippen molar-refractivity contribution in [2.45, 2.75) is 47.0 Å². The van der Waals surface area contributed by atoms with Gasteiger partial charge in [-0.2, -0.15) is 0 Å². The number of nitrogens with one attached hydrogen (secondary N) is 1. The Morgan fingerprint density at radius 3 is 2.50 bits per heavy atom. The van der Waals surface area contributed by atoms with Gasteiger partial charge in [0.1, 0.15) is 11.5 Å². The lowest BCUT2D eigenvalue weighted by Crippen LogP contribution is -2.17. The van der Waals surface area contributed by atoms with Gasteiger partial charge in [0.05, 0.1) is 17.0 Å². The molecule has 0 unspecified atom stereocenters. The molecular weight excluding hydrogens is 445 g/mol. The zero-order valence-corrected chi connectivity index (χ0v) is 20.9. The van der Waals surface area contributed by atoms with Crippen LogP contribution in [0.1, 0.15) is 41.8 Å². The van der Waals surface area contributed by atoms with E-state index in [1.54, 1.807) is 29.7 Å². The van der Waals surface area contributed by atoms with E-state index in [2.05, 4.69) is 10.3 Å². The molecule has 4 rings (SSSR count). The number of hydrogen-bond acceptors (Lipinski definition) is 4. The summed E-state index contributed by atoms with van der Waals surface area (Å²) in [6, 6.07) is 16.6. The first kappa shape index (κ1) is 25.2. The van der Waals surface area contributed by atoms with E-state index in [0.29, 0.717) is 24.4 Å². The number of aromatic nitrogens is 2. The zero-order valence-electron chi connectivity index (χ0n) is 20.1. The third kappa shape index (κ3) is 6.81. The van der Waals surface area contributed by atoms with E-state index in [4.69, 9.17) is 4.98 Å². The average Bonchev–Trinajstić information content (AvgIpc) is 3.37. The zero-order chi connectivity index (χ0) is 24.5. The van der Waals surface area contributed by atoms with Crippen LogP contribution in [0.2, 0.25) is 0 Å². The Bertz CT molecular complexity index is 1220. The molecule has 0 bridgehead atoms. The normalized spacial score (nSPS) is 10.4. The highest BCUT2D eigenvalue weighted by Gasteiger charge is 2.15. The van der Waals surface area contributed by atoms with Crippen LogP contribution in [0.25, 0.3) is 10.6 Å². The van der Waals surface area contributed by atoms with E-state index < -0.39 is 0 Å². The van der Waals surface area contributed by atoms with E-state index in [-0.39, 0.29) is 18.1 Å². The summed E-state index contributed by atoms with van der Waals surface area (Å²) in [4.78, 5) is 23.0. The van der Waals surface area contributed by atoms with Gasteiger partial charge < -0.3 is 5.32 Å². The maximum atomic E-state index is 13.6. The summed E-state index contributed by atoms with van der Waals surface area (Å²) in [5.41, 5.74) is 5.49. The van der Waals surface area contributed by atoms with Gasteiger partial charge in [0.2, 0.25) is 5.91 Å². The summed E-state index contributed by atoms with van der Waals surface area (Å²) < 4.78 is 13.6. The van der Waals surface area contributed by atoms with E-state index in [0.717, 1.165) is 32.8 Å². The molecule has 34 heavy (non-hydrogen) atoms. The maximum absolute atomic E-state index is 13.6. The molecule has 2 heterocycles. The first-order chi connectivity index (χ1) is 16.5. The summed E-state index contributed by atoms with van der Waals surface area (Å²) in [5, 5.41) is 4.92. The minimum absolute atomic E-state index is 0.140. The molecule has 2 aromatic carbocycles. The molecule has 2 aromatic heterocycles. The number of nitrogens with zero attached hydrogens (tertiary/aromatic N) is 2. The quantitative estimate of drug-likeness (QED) is 0.314. The molecule has 1 N–H and O–H groups in total. The fourth-order valence-electron chi connectivity index (χ4n) is 3.47. The number of carbonyl (C=O) groups excluding carboxylic acids is 1. The predicted octanol–water partition coefficient (Wildman–Crippen LogP) is 6.95. The van der Waals surface area contributed by atoms with Crippen molar-refractivity contribution in [3.8, 4) is 10.6 Å². The van der Waals surface area contributed by atoms with Crippen LogP contribution in [-0.4, -0.2) is 15.9 Å². The number of carbonyl (C=O) groups is 1. The molecule has 0 atom stereocenters. The molecule has 1 amide bonds. The fraction of sp³-hybridized carbons (Fsp3) is 0.250. The lowest BCUT2D eigenvalue weighted by molar-refractivity contribution is -0.115. The van der Waals surface area contributed by atoms with Gasteiger partial charge in [-0.3, -0.25) is 4.79 Å².